The summed E-state index contributed by atoms with van der Waals surface area (Å²) in [6, 6.07) is 6.32. The van der Waals surface area contributed by atoms with Crippen LogP contribution in [-0.4, -0.2) is 70.2 Å². The predicted molar refractivity (Wildman–Crippen MR) is 140 cm³/mol. The van der Waals surface area contributed by atoms with Crippen LogP contribution in [0.4, 0.5) is 10.5 Å². The molecule has 2 fully saturated rings. The number of amides is 5. The van der Waals surface area contributed by atoms with Gasteiger partial charge in [0.25, 0.3) is 5.91 Å². The van der Waals surface area contributed by atoms with Crippen LogP contribution in [-0.2, 0) is 29.5 Å². The summed E-state index contributed by atoms with van der Waals surface area (Å²) >= 11 is 0. The molecule has 5 rings (SSSR count). The van der Waals surface area contributed by atoms with Crippen molar-refractivity contribution >= 4 is 29.4 Å². The Morgan fingerprint density at radius 2 is 1.87 bits per heavy atom. The molecule has 0 spiro atoms. The maximum Gasteiger partial charge on any atom is 0.318 e. The van der Waals surface area contributed by atoms with E-state index in [0.717, 1.165) is 43.2 Å². The second-order valence-electron chi connectivity index (χ2n) is 10.5. The largest absolute Gasteiger partial charge is 0.357 e. The minimum Gasteiger partial charge on any atom is -0.357 e. The molecule has 1 saturated carbocycles. The molecule has 11 heteroatoms. The number of rotatable bonds is 7. The lowest BCUT2D eigenvalue weighted by molar-refractivity contribution is -0.130. The molecule has 0 radical (unpaired) electrons. The van der Waals surface area contributed by atoms with Crippen molar-refractivity contribution in [3.63, 3.8) is 0 Å². The molecule has 2 heterocycles. The first-order valence-corrected chi connectivity index (χ1v) is 13.3. The van der Waals surface area contributed by atoms with Crippen molar-refractivity contribution in [2.45, 2.75) is 56.5 Å². The maximum absolute atomic E-state index is 13.6. The van der Waals surface area contributed by atoms with Gasteiger partial charge in [-0.25, -0.2) is 4.79 Å². The summed E-state index contributed by atoms with van der Waals surface area (Å²) in [5.41, 5.74) is 1.89. The first-order chi connectivity index (χ1) is 18.3. The molecular formula is C27H35N7O4. The van der Waals surface area contributed by atoms with Crippen molar-refractivity contribution in [3.05, 3.63) is 47.3 Å². The van der Waals surface area contributed by atoms with E-state index in [0.29, 0.717) is 37.3 Å². The second kappa shape index (κ2) is 10.5. The number of hydrogen-bond donors (Lipinski definition) is 4. The van der Waals surface area contributed by atoms with Crippen molar-refractivity contribution < 1.29 is 19.2 Å². The van der Waals surface area contributed by atoms with E-state index in [1.807, 2.05) is 18.2 Å². The van der Waals surface area contributed by atoms with Crippen molar-refractivity contribution in [2.24, 2.45) is 13.0 Å². The quantitative estimate of drug-likeness (QED) is 0.436. The summed E-state index contributed by atoms with van der Waals surface area (Å²) in [6.07, 6.45) is 7.27. The van der Waals surface area contributed by atoms with Crippen LogP contribution >= 0.6 is 0 Å². The van der Waals surface area contributed by atoms with Gasteiger partial charge in [0.05, 0.1) is 0 Å². The molecule has 11 nitrogen and oxygen atoms in total. The Kier molecular flexibility index (Phi) is 7.09. The first kappa shape index (κ1) is 25.7. The normalized spacial score (nSPS) is 21.9. The number of likely N-dealkylation sites (N-methyl/N-ethyl adjacent to an activating group) is 1. The van der Waals surface area contributed by atoms with E-state index in [1.165, 1.54) is 4.68 Å². The van der Waals surface area contributed by atoms with Gasteiger partial charge in [-0.15, -0.1) is 0 Å². The molecule has 38 heavy (non-hydrogen) atoms. The molecule has 0 bridgehead atoms. The Labute approximate surface area is 221 Å². The standard InChI is InChI=1S/C27H35N7O4/c1-28-25(37)27(34-13-12-29-26(34)38)15-18-8-9-20(14-19(18)16-27)31-24(36)22(17-6-4-3-5-7-17)32-23(35)21-10-11-30-33(21)2/h8-11,14,17,22H,3-7,12-13,15-16H2,1-2H3,(H,28,37)(H,29,38)(H,31,36)(H,32,35)/t22-,27?/m0/s1. The van der Waals surface area contributed by atoms with E-state index in [2.05, 4.69) is 26.4 Å². The van der Waals surface area contributed by atoms with Gasteiger partial charge < -0.3 is 26.2 Å². The Balaban J connectivity index is 1.35. The molecule has 1 unspecified atom stereocenters. The van der Waals surface area contributed by atoms with Gasteiger partial charge in [0.1, 0.15) is 17.3 Å². The zero-order valence-corrected chi connectivity index (χ0v) is 21.9. The Morgan fingerprint density at radius 1 is 1.11 bits per heavy atom. The summed E-state index contributed by atoms with van der Waals surface area (Å²) in [5.74, 6) is -0.748. The average molecular weight is 522 g/mol. The second-order valence-corrected chi connectivity index (χ2v) is 10.5. The number of hydrogen-bond acceptors (Lipinski definition) is 5. The number of urea groups is 1. The number of carbonyl (C=O) groups is 4. The average Bonchev–Trinajstić information content (AvgIpc) is 3.65. The summed E-state index contributed by atoms with van der Waals surface area (Å²) in [7, 11) is 3.28. The number of nitrogens with zero attached hydrogens (tertiary/aromatic N) is 3. The minimum absolute atomic E-state index is 0.0462. The van der Waals surface area contributed by atoms with Crippen LogP contribution in [0.2, 0.25) is 0 Å². The Bertz CT molecular complexity index is 1250. The Hall–Kier alpha value is -3.89. The fraction of sp³-hybridized carbons (Fsp3) is 0.519. The zero-order valence-electron chi connectivity index (χ0n) is 21.9. The number of fused-ring (bicyclic) bond motifs is 1. The number of carbonyl (C=O) groups excluding carboxylic acids is 4. The highest BCUT2D eigenvalue weighted by Crippen LogP contribution is 2.37. The van der Waals surface area contributed by atoms with Crippen molar-refractivity contribution in [1.29, 1.82) is 0 Å². The third kappa shape index (κ3) is 4.72. The lowest BCUT2D eigenvalue weighted by atomic mass is 9.83. The van der Waals surface area contributed by atoms with Crippen LogP contribution in [0.15, 0.2) is 30.5 Å². The molecule has 1 aliphatic heterocycles. The topological polar surface area (TPSA) is 137 Å². The molecular weight excluding hydrogens is 486 g/mol. The van der Waals surface area contributed by atoms with Gasteiger partial charge >= 0.3 is 6.03 Å². The van der Waals surface area contributed by atoms with Gasteiger partial charge in [-0.1, -0.05) is 25.3 Å². The first-order valence-electron chi connectivity index (χ1n) is 13.3. The highest BCUT2D eigenvalue weighted by atomic mass is 16.2. The summed E-state index contributed by atoms with van der Waals surface area (Å²) in [5, 5.41) is 15.6. The van der Waals surface area contributed by atoms with Gasteiger partial charge in [-0.3, -0.25) is 19.1 Å². The molecule has 2 aliphatic carbocycles. The van der Waals surface area contributed by atoms with Gasteiger partial charge in [-0.2, -0.15) is 5.10 Å². The monoisotopic (exact) mass is 521 g/mol. The molecule has 2 atom stereocenters. The molecule has 2 aromatic rings. The molecule has 3 aliphatic rings. The third-order valence-corrected chi connectivity index (χ3v) is 8.21. The van der Waals surface area contributed by atoms with E-state index in [4.69, 9.17) is 0 Å². The lowest BCUT2D eigenvalue weighted by Crippen LogP contribution is -2.60. The molecule has 1 aromatic carbocycles. The lowest BCUT2D eigenvalue weighted by Gasteiger charge is -2.35. The van der Waals surface area contributed by atoms with Crippen LogP contribution in [0.5, 0.6) is 0 Å². The van der Waals surface area contributed by atoms with Gasteiger partial charge in [0.2, 0.25) is 11.8 Å². The maximum atomic E-state index is 13.6. The Morgan fingerprint density at radius 3 is 2.53 bits per heavy atom. The zero-order chi connectivity index (χ0) is 26.9. The number of aromatic nitrogens is 2. The fourth-order valence-corrected chi connectivity index (χ4v) is 6.22. The van der Waals surface area contributed by atoms with E-state index >= 15 is 0 Å². The predicted octanol–water partition coefficient (Wildman–Crippen LogP) is 1.35. The van der Waals surface area contributed by atoms with E-state index in [1.54, 1.807) is 31.3 Å². The number of benzene rings is 1. The molecule has 202 valence electrons. The fourth-order valence-electron chi connectivity index (χ4n) is 6.22. The van der Waals surface area contributed by atoms with Crippen LogP contribution in [0.25, 0.3) is 0 Å². The van der Waals surface area contributed by atoms with Crippen molar-refractivity contribution in [2.75, 3.05) is 25.5 Å². The smallest absolute Gasteiger partial charge is 0.318 e. The summed E-state index contributed by atoms with van der Waals surface area (Å²) < 4.78 is 1.49. The third-order valence-electron chi connectivity index (χ3n) is 8.21. The number of anilines is 1. The molecule has 1 aromatic heterocycles. The van der Waals surface area contributed by atoms with Crippen LogP contribution < -0.4 is 21.3 Å². The highest BCUT2D eigenvalue weighted by molar-refractivity contribution is 6.01. The summed E-state index contributed by atoms with van der Waals surface area (Å²) in [6.45, 7) is 0.964. The summed E-state index contributed by atoms with van der Waals surface area (Å²) in [4.78, 5) is 53.7. The van der Waals surface area contributed by atoms with Crippen LogP contribution in [0.1, 0.15) is 53.7 Å². The molecule has 4 N–H and O–H groups in total. The number of aryl methyl sites for hydroxylation is 1. The van der Waals surface area contributed by atoms with Crippen LogP contribution in [0.3, 0.4) is 0 Å². The molecule has 1 saturated heterocycles. The van der Waals surface area contributed by atoms with Crippen molar-refractivity contribution in [3.8, 4) is 0 Å². The SMILES string of the molecule is CNC(=O)C1(N2CCNC2=O)Cc2ccc(NC(=O)[C@@H](NC(=O)c3ccnn3C)C3CCCCC3)cc2C1. The molecule has 5 amide bonds. The highest BCUT2D eigenvalue weighted by Gasteiger charge is 2.51. The number of nitrogens with one attached hydrogen (secondary N) is 4. The minimum atomic E-state index is -0.998. The van der Waals surface area contributed by atoms with Crippen molar-refractivity contribution in [1.82, 2.24) is 30.6 Å². The van der Waals surface area contributed by atoms with E-state index in [9.17, 15) is 19.2 Å². The van der Waals surface area contributed by atoms with E-state index in [-0.39, 0.29) is 29.7 Å². The van der Waals surface area contributed by atoms with Crippen LogP contribution in [0, 0.1) is 5.92 Å². The van der Waals surface area contributed by atoms with Gasteiger partial charge in [-0.05, 0) is 48.1 Å². The van der Waals surface area contributed by atoms with Gasteiger partial charge in [0.15, 0.2) is 0 Å². The van der Waals surface area contributed by atoms with Gasteiger partial charge in [0, 0.05) is 51.9 Å². The van der Waals surface area contributed by atoms with E-state index < -0.39 is 11.6 Å².